The van der Waals surface area contributed by atoms with Gasteiger partial charge in [-0.2, -0.15) is 0 Å². The summed E-state index contributed by atoms with van der Waals surface area (Å²) in [5.41, 5.74) is 1.18. The van der Waals surface area contributed by atoms with Gasteiger partial charge in [0, 0.05) is 45.1 Å². The van der Waals surface area contributed by atoms with E-state index in [0.29, 0.717) is 6.10 Å². The van der Waals surface area contributed by atoms with Crippen molar-refractivity contribution in [3.05, 3.63) is 16.1 Å². The highest BCUT2D eigenvalue weighted by Crippen LogP contribution is 2.14. The van der Waals surface area contributed by atoms with Gasteiger partial charge in [0.15, 0.2) is 5.96 Å². The fourth-order valence-electron chi connectivity index (χ4n) is 2.73. The fourth-order valence-corrected chi connectivity index (χ4v) is 3.51. The van der Waals surface area contributed by atoms with Gasteiger partial charge in [-0.3, -0.25) is 4.99 Å². The third-order valence-corrected chi connectivity index (χ3v) is 4.96. The van der Waals surface area contributed by atoms with E-state index in [1.807, 2.05) is 7.05 Å². The van der Waals surface area contributed by atoms with Crippen molar-refractivity contribution in [2.75, 3.05) is 33.3 Å². The van der Waals surface area contributed by atoms with Gasteiger partial charge in [-0.1, -0.05) is 6.92 Å². The van der Waals surface area contributed by atoms with Gasteiger partial charge in [-0.25, -0.2) is 4.98 Å². The summed E-state index contributed by atoms with van der Waals surface area (Å²) in [4.78, 5) is 11.3. The van der Waals surface area contributed by atoms with Crippen LogP contribution in [-0.2, 0) is 17.6 Å². The zero-order valence-electron chi connectivity index (χ0n) is 14.0. The molecule has 2 heterocycles. The number of hydrogen-bond acceptors (Lipinski definition) is 4. The molecule has 0 radical (unpaired) electrons. The molecule has 0 unspecified atom stereocenters. The van der Waals surface area contributed by atoms with E-state index in [1.165, 1.54) is 10.7 Å². The normalized spacial score (nSPS) is 17.0. The van der Waals surface area contributed by atoms with E-state index in [1.54, 1.807) is 11.3 Å². The van der Waals surface area contributed by atoms with Gasteiger partial charge in [0.1, 0.15) is 0 Å². The summed E-state index contributed by atoms with van der Waals surface area (Å²) < 4.78 is 5.70. The van der Waals surface area contributed by atoms with Crippen molar-refractivity contribution in [3.63, 3.8) is 0 Å². The van der Waals surface area contributed by atoms with E-state index in [2.05, 4.69) is 39.4 Å². The fraction of sp³-hybridized carbons (Fsp3) is 0.750. The van der Waals surface area contributed by atoms with Gasteiger partial charge in [-0.05, 0) is 26.2 Å². The second-order valence-electron chi connectivity index (χ2n) is 5.45. The minimum absolute atomic E-state index is 0.418. The van der Waals surface area contributed by atoms with Crippen LogP contribution in [0.4, 0.5) is 0 Å². The standard InChI is InChI=1S/C16H28N4OS/c1-4-15-19-13(12-22-15)6-9-18-16(17-3)20-10-7-14(8-11-20)21-5-2/h12,14H,4-11H2,1-3H3,(H,17,18). The molecule has 5 nitrogen and oxygen atoms in total. The van der Waals surface area contributed by atoms with Crippen molar-refractivity contribution in [2.24, 2.45) is 4.99 Å². The van der Waals surface area contributed by atoms with Crippen LogP contribution < -0.4 is 5.32 Å². The molecule has 0 atom stereocenters. The van der Waals surface area contributed by atoms with Gasteiger partial charge in [-0.15, -0.1) is 11.3 Å². The number of nitrogens with one attached hydrogen (secondary N) is 1. The highest BCUT2D eigenvalue weighted by molar-refractivity contribution is 7.09. The maximum Gasteiger partial charge on any atom is 0.193 e. The number of ether oxygens (including phenoxy) is 1. The molecular weight excluding hydrogens is 296 g/mol. The van der Waals surface area contributed by atoms with Crippen LogP contribution in [0.3, 0.4) is 0 Å². The zero-order valence-corrected chi connectivity index (χ0v) is 14.8. The van der Waals surface area contributed by atoms with Crippen molar-refractivity contribution >= 4 is 17.3 Å². The molecule has 1 N–H and O–H groups in total. The van der Waals surface area contributed by atoms with Crippen LogP contribution in [0.5, 0.6) is 0 Å². The Morgan fingerprint density at radius 3 is 2.82 bits per heavy atom. The summed E-state index contributed by atoms with van der Waals surface area (Å²) in [5.74, 6) is 1.00. The molecule has 0 aromatic carbocycles. The van der Waals surface area contributed by atoms with E-state index in [0.717, 1.165) is 57.9 Å². The number of aromatic nitrogens is 1. The van der Waals surface area contributed by atoms with Gasteiger partial charge >= 0.3 is 0 Å². The van der Waals surface area contributed by atoms with Crippen LogP contribution in [0.15, 0.2) is 10.4 Å². The van der Waals surface area contributed by atoms with E-state index in [9.17, 15) is 0 Å². The summed E-state index contributed by atoms with van der Waals surface area (Å²) in [6, 6.07) is 0. The van der Waals surface area contributed by atoms with Crippen molar-refractivity contribution in [1.29, 1.82) is 0 Å². The first-order valence-corrected chi connectivity index (χ1v) is 9.15. The maximum atomic E-state index is 5.70. The Morgan fingerprint density at radius 2 is 2.23 bits per heavy atom. The Balaban J connectivity index is 1.73. The van der Waals surface area contributed by atoms with Crippen LogP contribution in [0, 0.1) is 0 Å². The molecule has 2 rings (SSSR count). The van der Waals surface area contributed by atoms with Crippen molar-refractivity contribution in [1.82, 2.24) is 15.2 Å². The first kappa shape index (κ1) is 17.2. The van der Waals surface area contributed by atoms with Crippen molar-refractivity contribution in [3.8, 4) is 0 Å². The quantitative estimate of drug-likeness (QED) is 0.644. The molecule has 0 spiro atoms. The first-order valence-electron chi connectivity index (χ1n) is 8.27. The Hall–Kier alpha value is -1.14. The Morgan fingerprint density at radius 1 is 1.45 bits per heavy atom. The minimum atomic E-state index is 0.418. The average Bonchev–Trinajstić information content (AvgIpc) is 3.01. The lowest BCUT2D eigenvalue weighted by Crippen LogP contribution is -2.47. The minimum Gasteiger partial charge on any atom is -0.378 e. The largest absolute Gasteiger partial charge is 0.378 e. The predicted molar refractivity (Wildman–Crippen MR) is 92.8 cm³/mol. The lowest BCUT2D eigenvalue weighted by molar-refractivity contribution is 0.0264. The molecule has 6 heteroatoms. The number of guanidine groups is 1. The molecule has 0 aliphatic carbocycles. The number of likely N-dealkylation sites (tertiary alicyclic amines) is 1. The number of rotatable bonds is 6. The lowest BCUT2D eigenvalue weighted by Gasteiger charge is -2.34. The first-order chi connectivity index (χ1) is 10.8. The number of thiazole rings is 1. The molecule has 1 aliphatic rings. The molecule has 0 saturated carbocycles. The molecule has 0 amide bonds. The molecule has 22 heavy (non-hydrogen) atoms. The zero-order chi connectivity index (χ0) is 15.8. The van der Waals surface area contributed by atoms with Crippen LogP contribution in [0.25, 0.3) is 0 Å². The molecule has 1 aliphatic heterocycles. The summed E-state index contributed by atoms with van der Waals surface area (Å²) in [5, 5.41) is 6.84. The SMILES string of the molecule is CCOC1CCN(C(=NC)NCCc2csc(CC)n2)CC1. The van der Waals surface area contributed by atoms with Crippen LogP contribution >= 0.6 is 11.3 Å². The molecule has 1 aromatic heterocycles. The summed E-state index contributed by atoms with van der Waals surface area (Å²) >= 11 is 1.75. The Labute approximate surface area is 137 Å². The predicted octanol–water partition coefficient (Wildman–Crippen LogP) is 2.32. The third kappa shape index (κ3) is 4.95. The number of aryl methyl sites for hydroxylation is 1. The van der Waals surface area contributed by atoms with Crippen molar-refractivity contribution < 1.29 is 4.74 Å². The number of piperidine rings is 1. The van der Waals surface area contributed by atoms with Gasteiger partial charge in [0.2, 0.25) is 0 Å². The van der Waals surface area contributed by atoms with Crippen LogP contribution in [-0.4, -0.2) is 55.2 Å². The summed E-state index contributed by atoms with van der Waals surface area (Å²) in [7, 11) is 1.86. The molecule has 1 saturated heterocycles. The highest BCUT2D eigenvalue weighted by atomic mass is 32.1. The number of hydrogen-bond donors (Lipinski definition) is 1. The lowest BCUT2D eigenvalue weighted by atomic mass is 10.1. The van der Waals surface area contributed by atoms with E-state index >= 15 is 0 Å². The van der Waals surface area contributed by atoms with E-state index < -0.39 is 0 Å². The molecular formula is C16H28N4OS. The molecule has 124 valence electrons. The average molecular weight is 324 g/mol. The maximum absolute atomic E-state index is 5.70. The number of aliphatic imine (C=N–C) groups is 1. The topological polar surface area (TPSA) is 49.8 Å². The summed E-state index contributed by atoms with van der Waals surface area (Å²) in [6.07, 6.45) is 4.56. The number of nitrogens with zero attached hydrogens (tertiary/aromatic N) is 3. The van der Waals surface area contributed by atoms with Crippen molar-refractivity contribution in [2.45, 2.75) is 45.6 Å². The monoisotopic (exact) mass is 324 g/mol. The molecule has 0 bridgehead atoms. The Kier molecular flexibility index (Phi) is 7.12. The van der Waals surface area contributed by atoms with E-state index in [4.69, 9.17) is 4.74 Å². The third-order valence-electron chi connectivity index (χ3n) is 3.92. The van der Waals surface area contributed by atoms with Crippen LogP contribution in [0.2, 0.25) is 0 Å². The second-order valence-corrected chi connectivity index (χ2v) is 6.39. The summed E-state index contributed by atoms with van der Waals surface area (Å²) in [6.45, 7) is 7.93. The second kappa shape index (κ2) is 9.10. The Bertz CT molecular complexity index is 466. The van der Waals surface area contributed by atoms with Gasteiger partial charge < -0.3 is 15.0 Å². The van der Waals surface area contributed by atoms with Crippen LogP contribution in [0.1, 0.15) is 37.4 Å². The van der Waals surface area contributed by atoms with Gasteiger partial charge in [0.25, 0.3) is 0 Å². The van der Waals surface area contributed by atoms with Gasteiger partial charge in [0.05, 0.1) is 16.8 Å². The highest BCUT2D eigenvalue weighted by Gasteiger charge is 2.21. The molecule has 1 fully saturated rings. The smallest absolute Gasteiger partial charge is 0.193 e. The molecule has 1 aromatic rings. The van der Waals surface area contributed by atoms with E-state index in [-0.39, 0.29) is 0 Å².